The number of azo groups is 2. The molecule has 4 heteroatoms. The number of carbonyl (C=O) groups is 1. The van der Waals surface area contributed by atoms with Gasteiger partial charge in [-0.3, -0.25) is 0 Å². The van der Waals surface area contributed by atoms with Crippen LogP contribution in [0.15, 0.2) is 59.5 Å². The monoisotopic (exact) mass is 259 g/mol. The molecule has 0 bridgehead atoms. The summed E-state index contributed by atoms with van der Waals surface area (Å²) in [7, 11) is 0. The van der Waals surface area contributed by atoms with E-state index < -0.39 is 0 Å². The fourth-order valence-corrected chi connectivity index (χ4v) is 1.57. The Bertz CT molecular complexity index is 595. The predicted molar refractivity (Wildman–Crippen MR) is 72.8 cm³/mol. The lowest BCUT2D eigenvalue weighted by atomic mass is 10.2. The molecule has 1 aromatic rings. The summed E-state index contributed by atoms with van der Waals surface area (Å²) < 4.78 is 14.0. The minimum Gasteiger partial charge on any atom is -0.212 e. The first-order valence-electron chi connectivity index (χ1n) is 5.43. The molecule has 0 atom stereocenters. The lowest BCUT2D eigenvalue weighted by Gasteiger charge is -1.91. The van der Waals surface area contributed by atoms with Crippen molar-refractivity contribution in [3.8, 4) is 0 Å². The van der Waals surface area contributed by atoms with Crippen LogP contribution in [0.5, 0.6) is 0 Å². The van der Waals surface area contributed by atoms with E-state index in [9.17, 15) is 9.18 Å². The SMILES string of the molecule is C.C=C1C=C(C)[N+](C(=O)/C=C/c2ccc(F)cc2)=N1. The van der Waals surface area contributed by atoms with Gasteiger partial charge in [0.25, 0.3) is 0 Å². The van der Waals surface area contributed by atoms with Crippen LogP contribution in [0, 0.1) is 5.82 Å². The van der Waals surface area contributed by atoms with Crippen LogP contribution in [0.4, 0.5) is 4.39 Å². The van der Waals surface area contributed by atoms with Crippen molar-refractivity contribution in [1.29, 1.82) is 0 Å². The van der Waals surface area contributed by atoms with Gasteiger partial charge in [-0.15, -0.1) is 0 Å². The Morgan fingerprint density at radius 2 is 2.00 bits per heavy atom. The molecule has 0 N–H and O–H groups in total. The Morgan fingerprint density at radius 1 is 1.37 bits per heavy atom. The van der Waals surface area contributed by atoms with E-state index in [0.717, 1.165) is 11.3 Å². The van der Waals surface area contributed by atoms with Gasteiger partial charge in [-0.1, -0.05) is 26.1 Å². The molecule has 19 heavy (non-hydrogen) atoms. The van der Waals surface area contributed by atoms with Crippen LogP contribution >= 0.6 is 0 Å². The van der Waals surface area contributed by atoms with Crippen LogP contribution < -0.4 is 0 Å². The average molecular weight is 259 g/mol. The van der Waals surface area contributed by atoms with Crippen LogP contribution in [0.2, 0.25) is 0 Å². The molecule has 0 saturated carbocycles. The topological polar surface area (TPSA) is 32.4 Å². The maximum atomic E-state index is 12.7. The lowest BCUT2D eigenvalue weighted by Crippen LogP contribution is -2.12. The molecule has 2 rings (SSSR count). The highest BCUT2D eigenvalue weighted by molar-refractivity contribution is 5.85. The van der Waals surface area contributed by atoms with Crippen LogP contribution in [-0.2, 0) is 4.79 Å². The largest absolute Gasteiger partial charge is 0.442 e. The Hall–Kier alpha value is -2.36. The van der Waals surface area contributed by atoms with Gasteiger partial charge in [0.05, 0.1) is 6.08 Å². The van der Waals surface area contributed by atoms with Gasteiger partial charge in [0.1, 0.15) is 11.5 Å². The van der Waals surface area contributed by atoms with E-state index in [1.807, 2.05) is 0 Å². The number of amides is 1. The summed E-state index contributed by atoms with van der Waals surface area (Å²) in [4.78, 5) is 11.8. The molecule has 1 aliphatic rings. The maximum absolute atomic E-state index is 12.7. The molecule has 0 fully saturated rings. The number of rotatable bonds is 2. The Balaban J connectivity index is 0.00000180. The number of carbonyl (C=O) groups excluding carboxylic acids is 1. The van der Waals surface area contributed by atoms with Crippen molar-refractivity contribution in [2.75, 3.05) is 0 Å². The fraction of sp³-hybridized carbons (Fsp3) is 0.133. The van der Waals surface area contributed by atoms with Gasteiger partial charge in [0.2, 0.25) is 5.70 Å². The zero-order valence-electron chi connectivity index (χ0n) is 9.93. The van der Waals surface area contributed by atoms with E-state index in [1.165, 1.54) is 22.9 Å². The van der Waals surface area contributed by atoms with Crippen molar-refractivity contribution >= 4 is 12.0 Å². The number of allylic oxidation sites excluding steroid dienone is 2. The summed E-state index contributed by atoms with van der Waals surface area (Å²) in [5, 5.41) is 3.98. The molecule has 0 spiro atoms. The third-order valence-electron chi connectivity index (χ3n) is 2.44. The Kier molecular flexibility index (Phi) is 4.64. The van der Waals surface area contributed by atoms with Gasteiger partial charge >= 0.3 is 5.91 Å². The van der Waals surface area contributed by atoms with Gasteiger partial charge < -0.3 is 0 Å². The van der Waals surface area contributed by atoms with Crippen molar-refractivity contribution in [2.24, 2.45) is 5.11 Å². The normalized spacial score (nSPS) is 14.1. The average Bonchev–Trinajstić information content (AvgIpc) is 2.67. The molecule has 1 aliphatic heterocycles. The summed E-state index contributed by atoms with van der Waals surface area (Å²) in [6.07, 6.45) is 4.74. The zero-order valence-corrected chi connectivity index (χ0v) is 9.93. The first-order chi connectivity index (χ1) is 8.56. The molecule has 0 unspecified atom stereocenters. The number of benzene rings is 1. The van der Waals surface area contributed by atoms with Crippen molar-refractivity contribution < 1.29 is 13.9 Å². The predicted octanol–water partition coefficient (Wildman–Crippen LogP) is 3.90. The molecule has 3 nitrogen and oxygen atoms in total. The summed E-state index contributed by atoms with van der Waals surface area (Å²) in [5.74, 6) is -0.560. The highest BCUT2D eigenvalue weighted by Crippen LogP contribution is 2.14. The first-order valence-corrected chi connectivity index (χ1v) is 5.43. The second kappa shape index (κ2) is 6.00. The molecule has 0 aromatic heterocycles. The smallest absolute Gasteiger partial charge is 0.212 e. The second-order valence-electron chi connectivity index (χ2n) is 3.91. The third kappa shape index (κ3) is 3.55. The van der Waals surface area contributed by atoms with Gasteiger partial charge in [-0.25, -0.2) is 9.18 Å². The highest BCUT2D eigenvalue weighted by Gasteiger charge is 2.25. The van der Waals surface area contributed by atoms with Crippen LogP contribution in [-0.4, -0.2) is 10.6 Å². The number of hydrogen-bond acceptors (Lipinski definition) is 2. The number of halogens is 1. The van der Waals surface area contributed by atoms with Gasteiger partial charge in [-0.05, 0) is 28.5 Å². The van der Waals surface area contributed by atoms with E-state index in [1.54, 1.807) is 31.2 Å². The lowest BCUT2D eigenvalue weighted by molar-refractivity contribution is -0.453. The summed E-state index contributed by atoms with van der Waals surface area (Å²) in [6, 6.07) is 5.89. The van der Waals surface area contributed by atoms with Crippen molar-refractivity contribution in [3.63, 3.8) is 0 Å². The quantitative estimate of drug-likeness (QED) is 0.585. The molecular formula is C15H16FN2O+. The second-order valence-corrected chi connectivity index (χ2v) is 3.91. The standard InChI is InChI=1S/C14H12FN2O.CH4/c1-10-9-11(2)17(16-10)14(18)8-5-12-3-6-13(15)7-4-12;/h3-9H,1H2,2H3;1H4/q+1;/b8-5+;. The zero-order chi connectivity index (χ0) is 13.1. The minimum absolute atomic E-state index is 0. The minimum atomic E-state index is -0.303. The molecular weight excluding hydrogens is 243 g/mol. The van der Waals surface area contributed by atoms with Gasteiger partial charge in [-0.2, -0.15) is 0 Å². The summed E-state index contributed by atoms with van der Waals surface area (Å²) in [5.41, 5.74) is 2.04. The van der Waals surface area contributed by atoms with Crippen LogP contribution in [0.1, 0.15) is 19.9 Å². The van der Waals surface area contributed by atoms with E-state index in [-0.39, 0.29) is 19.2 Å². The number of nitrogens with zero attached hydrogens (tertiary/aromatic N) is 2. The molecule has 1 heterocycles. The summed E-state index contributed by atoms with van der Waals surface area (Å²) in [6.45, 7) is 5.45. The van der Waals surface area contributed by atoms with Gasteiger partial charge in [0, 0.05) is 18.1 Å². The van der Waals surface area contributed by atoms with Crippen molar-refractivity contribution in [1.82, 2.24) is 0 Å². The fourth-order valence-electron chi connectivity index (χ4n) is 1.57. The first kappa shape index (κ1) is 14.7. The van der Waals surface area contributed by atoms with E-state index in [2.05, 4.69) is 11.7 Å². The molecule has 0 saturated heterocycles. The Labute approximate surface area is 112 Å². The van der Waals surface area contributed by atoms with E-state index >= 15 is 0 Å². The van der Waals surface area contributed by atoms with E-state index in [0.29, 0.717) is 5.70 Å². The summed E-state index contributed by atoms with van der Waals surface area (Å²) >= 11 is 0. The maximum Gasteiger partial charge on any atom is 0.442 e. The molecule has 98 valence electrons. The molecule has 1 aromatic carbocycles. The highest BCUT2D eigenvalue weighted by atomic mass is 19.1. The van der Waals surface area contributed by atoms with Crippen LogP contribution in [0.3, 0.4) is 0 Å². The van der Waals surface area contributed by atoms with Crippen LogP contribution in [0.25, 0.3) is 6.08 Å². The molecule has 0 radical (unpaired) electrons. The van der Waals surface area contributed by atoms with Gasteiger partial charge in [0.15, 0.2) is 0 Å². The number of hydrogen-bond donors (Lipinski definition) is 0. The van der Waals surface area contributed by atoms with E-state index in [4.69, 9.17) is 0 Å². The van der Waals surface area contributed by atoms with Crippen molar-refractivity contribution in [3.05, 3.63) is 65.8 Å². The Morgan fingerprint density at radius 3 is 2.53 bits per heavy atom. The van der Waals surface area contributed by atoms with Crippen molar-refractivity contribution in [2.45, 2.75) is 14.4 Å². The molecule has 1 amide bonds. The molecule has 0 aliphatic carbocycles. The third-order valence-corrected chi connectivity index (χ3v) is 2.44.